The highest BCUT2D eigenvalue weighted by Gasteiger charge is 2.14. The van der Waals surface area contributed by atoms with Crippen molar-refractivity contribution in [1.29, 1.82) is 0 Å². The van der Waals surface area contributed by atoms with Crippen LogP contribution in [0.5, 0.6) is 0 Å². The van der Waals surface area contributed by atoms with E-state index in [0.29, 0.717) is 16.3 Å². The van der Waals surface area contributed by atoms with E-state index in [2.05, 4.69) is 31.2 Å². The first-order valence-corrected chi connectivity index (χ1v) is 8.61. The monoisotopic (exact) mass is 406 g/mol. The molecule has 0 aliphatic carbocycles. The van der Waals surface area contributed by atoms with Crippen LogP contribution in [0.4, 0.5) is 8.78 Å². The number of nitrogens with zero attached hydrogens (tertiary/aromatic N) is 4. The van der Waals surface area contributed by atoms with Crippen LogP contribution in [-0.4, -0.2) is 19.8 Å². The second kappa shape index (κ2) is 6.03. The van der Waals surface area contributed by atoms with Crippen LogP contribution in [0.3, 0.4) is 0 Å². The summed E-state index contributed by atoms with van der Waals surface area (Å²) >= 11 is 4.81. The minimum Gasteiger partial charge on any atom is -0.207 e. The zero-order valence-corrected chi connectivity index (χ0v) is 14.5. The topological polar surface area (TPSA) is 43.1 Å². The minimum atomic E-state index is -0.611. The van der Waals surface area contributed by atoms with Gasteiger partial charge in [-0.15, -0.1) is 10.2 Å². The van der Waals surface area contributed by atoms with E-state index in [-0.39, 0.29) is 6.42 Å². The molecule has 0 saturated carbocycles. The predicted molar refractivity (Wildman–Crippen MR) is 91.0 cm³/mol. The van der Waals surface area contributed by atoms with Crippen LogP contribution in [0.25, 0.3) is 15.5 Å². The van der Waals surface area contributed by atoms with Crippen molar-refractivity contribution < 1.29 is 8.78 Å². The number of hydrogen-bond acceptors (Lipinski definition) is 4. The second-order valence-corrected chi connectivity index (χ2v) is 7.05. The highest BCUT2D eigenvalue weighted by Crippen LogP contribution is 2.27. The van der Waals surface area contributed by atoms with Gasteiger partial charge in [-0.25, -0.2) is 8.78 Å². The molecule has 2 heterocycles. The summed E-state index contributed by atoms with van der Waals surface area (Å²) in [7, 11) is 0. The van der Waals surface area contributed by atoms with Crippen LogP contribution in [-0.2, 0) is 6.42 Å². The largest absolute Gasteiger partial charge is 0.234 e. The van der Waals surface area contributed by atoms with E-state index in [1.54, 1.807) is 4.52 Å². The van der Waals surface area contributed by atoms with Crippen molar-refractivity contribution >= 4 is 32.2 Å². The van der Waals surface area contributed by atoms with Crippen molar-refractivity contribution in [3.05, 3.63) is 70.0 Å². The predicted octanol–water partition coefficient (Wildman–Crippen LogP) is 4.48. The summed E-state index contributed by atoms with van der Waals surface area (Å²) in [5, 5.41) is 13.5. The average Bonchev–Trinajstić information content (AvgIpc) is 3.09. The third-order valence-corrected chi connectivity index (χ3v) is 4.91. The molecule has 0 amide bonds. The molecular formula is C16H9BrF2N4S. The number of hydrogen-bond donors (Lipinski definition) is 0. The number of fused-ring (bicyclic) bond motifs is 1. The van der Waals surface area contributed by atoms with Crippen LogP contribution >= 0.6 is 27.3 Å². The number of halogens is 3. The summed E-state index contributed by atoms with van der Waals surface area (Å²) in [6, 6.07) is 11.2. The first-order valence-electron chi connectivity index (χ1n) is 7.00. The molecule has 0 aliphatic rings. The molecule has 0 unspecified atom stereocenters. The van der Waals surface area contributed by atoms with Gasteiger partial charge in [-0.3, -0.25) is 0 Å². The zero-order valence-electron chi connectivity index (χ0n) is 12.1. The highest BCUT2D eigenvalue weighted by atomic mass is 79.9. The van der Waals surface area contributed by atoms with Gasteiger partial charge in [-0.2, -0.15) is 9.61 Å². The van der Waals surface area contributed by atoms with Crippen molar-refractivity contribution in [3.8, 4) is 10.6 Å². The summed E-state index contributed by atoms with van der Waals surface area (Å²) in [5.41, 5.74) is 1.46. The fourth-order valence-electron chi connectivity index (χ4n) is 2.37. The molecule has 0 radical (unpaired) electrons. The quantitative estimate of drug-likeness (QED) is 0.503. The first-order chi connectivity index (χ1) is 11.6. The second-order valence-electron chi connectivity index (χ2n) is 5.18. The van der Waals surface area contributed by atoms with Crippen molar-refractivity contribution in [2.45, 2.75) is 6.42 Å². The van der Waals surface area contributed by atoms with Gasteiger partial charge in [0.15, 0.2) is 5.82 Å². The Hall–Kier alpha value is -2.19. The van der Waals surface area contributed by atoms with E-state index in [1.165, 1.54) is 23.5 Å². The summed E-state index contributed by atoms with van der Waals surface area (Å²) in [5.74, 6) is -0.686. The molecule has 4 rings (SSSR count). The van der Waals surface area contributed by atoms with Gasteiger partial charge in [0.1, 0.15) is 16.6 Å². The van der Waals surface area contributed by atoms with E-state index in [9.17, 15) is 8.78 Å². The Balaban J connectivity index is 1.70. The lowest BCUT2D eigenvalue weighted by atomic mass is 10.1. The zero-order chi connectivity index (χ0) is 16.7. The molecule has 0 fully saturated rings. The van der Waals surface area contributed by atoms with Gasteiger partial charge in [-0.1, -0.05) is 39.4 Å². The lowest BCUT2D eigenvalue weighted by Gasteiger charge is -2.00. The summed E-state index contributed by atoms with van der Waals surface area (Å²) in [4.78, 5) is 0.639. The Kier molecular flexibility index (Phi) is 3.85. The Labute approximate surface area is 147 Å². The van der Waals surface area contributed by atoms with Crippen LogP contribution in [0.15, 0.2) is 46.9 Å². The molecule has 0 spiro atoms. The molecule has 120 valence electrons. The lowest BCUT2D eigenvalue weighted by molar-refractivity contribution is 0.580. The molecular weight excluding hydrogens is 398 g/mol. The van der Waals surface area contributed by atoms with Gasteiger partial charge in [0.25, 0.3) is 0 Å². The maximum Gasteiger partial charge on any atom is 0.234 e. The van der Waals surface area contributed by atoms with E-state index >= 15 is 0 Å². The molecule has 0 atom stereocenters. The summed E-state index contributed by atoms with van der Waals surface area (Å²) in [6.45, 7) is 0. The molecule has 2 aromatic heterocycles. The minimum absolute atomic E-state index is 0.249. The Bertz CT molecular complexity index is 1010. The maximum absolute atomic E-state index is 13.3. The fourth-order valence-corrected chi connectivity index (χ4v) is 3.50. The normalized spacial score (nSPS) is 11.3. The SMILES string of the molecule is Fc1cc(F)cc(Cc2nnc3sc(-c4ccc(Br)cc4)nn23)c1. The third-order valence-electron chi connectivity index (χ3n) is 3.43. The van der Waals surface area contributed by atoms with Crippen LogP contribution in [0.1, 0.15) is 11.4 Å². The van der Waals surface area contributed by atoms with Crippen LogP contribution in [0.2, 0.25) is 0 Å². The Morgan fingerprint density at radius 2 is 1.71 bits per heavy atom. The van der Waals surface area contributed by atoms with E-state index < -0.39 is 11.6 Å². The Morgan fingerprint density at radius 1 is 1.00 bits per heavy atom. The molecule has 4 nitrogen and oxygen atoms in total. The van der Waals surface area contributed by atoms with E-state index in [1.807, 2.05) is 24.3 Å². The van der Waals surface area contributed by atoms with Gasteiger partial charge in [0, 0.05) is 22.5 Å². The number of benzene rings is 2. The smallest absolute Gasteiger partial charge is 0.207 e. The van der Waals surface area contributed by atoms with Crippen LogP contribution < -0.4 is 0 Å². The van der Waals surface area contributed by atoms with Crippen molar-refractivity contribution in [3.63, 3.8) is 0 Å². The third kappa shape index (κ3) is 2.94. The molecule has 0 bridgehead atoms. The van der Waals surface area contributed by atoms with Gasteiger partial charge in [0.05, 0.1) is 0 Å². The standard InChI is InChI=1S/C16H9BrF2N4S/c17-11-3-1-10(2-4-11)15-22-23-14(20-21-16(23)24-15)7-9-5-12(18)8-13(19)6-9/h1-6,8H,7H2. The van der Waals surface area contributed by atoms with Crippen molar-refractivity contribution in [2.75, 3.05) is 0 Å². The average molecular weight is 407 g/mol. The van der Waals surface area contributed by atoms with Gasteiger partial charge in [0.2, 0.25) is 4.96 Å². The number of rotatable bonds is 3. The van der Waals surface area contributed by atoms with Crippen molar-refractivity contribution in [2.24, 2.45) is 0 Å². The summed E-state index contributed by atoms with van der Waals surface area (Å²) < 4.78 is 29.3. The van der Waals surface area contributed by atoms with Crippen molar-refractivity contribution in [1.82, 2.24) is 19.8 Å². The summed E-state index contributed by atoms with van der Waals surface area (Å²) in [6.07, 6.45) is 0.249. The fraction of sp³-hybridized carbons (Fsp3) is 0.0625. The highest BCUT2D eigenvalue weighted by molar-refractivity contribution is 9.10. The van der Waals surface area contributed by atoms with Gasteiger partial charge >= 0.3 is 0 Å². The lowest BCUT2D eigenvalue weighted by Crippen LogP contribution is -1.99. The molecule has 4 aromatic rings. The maximum atomic E-state index is 13.3. The molecule has 0 N–H and O–H groups in total. The van der Waals surface area contributed by atoms with E-state index in [4.69, 9.17) is 0 Å². The van der Waals surface area contributed by atoms with E-state index in [0.717, 1.165) is 21.1 Å². The molecule has 0 aliphatic heterocycles. The molecule has 24 heavy (non-hydrogen) atoms. The molecule has 8 heteroatoms. The first kappa shape index (κ1) is 15.3. The Morgan fingerprint density at radius 3 is 2.42 bits per heavy atom. The molecule has 0 saturated heterocycles. The molecule has 2 aromatic carbocycles. The van der Waals surface area contributed by atoms with Gasteiger partial charge in [-0.05, 0) is 29.8 Å². The number of aromatic nitrogens is 4. The van der Waals surface area contributed by atoms with Gasteiger partial charge < -0.3 is 0 Å². The van der Waals surface area contributed by atoms with Crippen LogP contribution in [0, 0.1) is 11.6 Å².